The Kier molecular flexibility index (Phi) is 5.54. The van der Waals surface area contributed by atoms with Crippen molar-refractivity contribution < 1.29 is 14.1 Å². The van der Waals surface area contributed by atoms with Crippen LogP contribution >= 0.6 is 0 Å². The third kappa shape index (κ3) is 4.23. The maximum absolute atomic E-state index is 11.8. The van der Waals surface area contributed by atoms with E-state index in [1.165, 1.54) is 19.2 Å². The van der Waals surface area contributed by atoms with E-state index in [1.54, 1.807) is 25.1 Å². The molecule has 0 unspecified atom stereocenters. The molecule has 0 aliphatic carbocycles. The van der Waals surface area contributed by atoms with Gasteiger partial charge in [0.2, 0.25) is 0 Å². The fraction of sp³-hybridized carbons (Fsp3) is 0.211. The van der Waals surface area contributed by atoms with Gasteiger partial charge in [0.25, 0.3) is 5.69 Å². The highest BCUT2D eigenvalue weighted by atomic mass is 16.6. The molecule has 1 heterocycles. The molecule has 2 aromatic rings. The van der Waals surface area contributed by atoms with Gasteiger partial charge in [-0.25, -0.2) is 4.79 Å². The van der Waals surface area contributed by atoms with Crippen LogP contribution in [0.5, 0.6) is 5.75 Å². The number of nitro benzene ring substituents is 1. The van der Waals surface area contributed by atoms with Crippen LogP contribution in [0.4, 0.5) is 5.69 Å². The van der Waals surface area contributed by atoms with E-state index >= 15 is 0 Å². The summed E-state index contributed by atoms with van der Waals surface area (Å²) in [4.78, 5) is 22.1. The molecule has 1 aromatic heterocycles. The van der Waals surface area contributed by atoms with E-state index in [9.17, 15) is 14.9 Å². The van der Waals surface area contributed by atoms with Crippen molar-refractivity contribution in [3.8, 4) is 5.75 Å². The maximum Gasteiger partial charge on any atom is 0.342 e. The Morgan fingerprint density at radius 3 is 2.40 bits per heavy atom. The molecule has 0 radical (unpaired) electrons. The SMILES string of the molecule is COc1c(C)c(/C=C/C(C)=C/c2ccc([N+](=O)[O-])cc2)oc(=O)c1C. The summed E-state index contributed by atoms with van der Waals surface area (Å²) in [6.45, 7) is 5.37. The van der Waals surface area contributed by atoms with Crippen molar-refractivity contribution in [1.82, 2.24) is 0 Å². The minimum absolute atomic E-state index is 0.0505. The number of hydrogen-bond donors (Lipinski definition) is 0. The Labute approximate surface area is 145 Å². The molecule has 1 aromatic carbocycles. The van der Waals surface area contributed by atoms with Crippen molar-refractivity contribution >= 4 is 17.8 Å². The Balaban J connectivity index is 2.28. The molecule has 0 aliphatic heterocycles. The van der Waals surface area contributed by atoms with E-state index in [1.807, 2.05) is 26.0 Å². The van der Waals surface area contributed by atoms with Gasteiger partial charge in [0, 0.05) is 17.7 Å². The Bertz CT molecular complexity index is 905. The van der Waals surface area contributed by atoms with E-state index < -0.39 is 10.5 Å². The predicted molar refractivity (Wildman–Crippen MR) is 96.8 cm³/mol. The molecule has 0 saturated heterocycles. The zero-order valence-corrected chi connectivity index (χ0v) is 14.5. The van der Waals surface area contributed by atoms with E-state index in [0.717, 1.165) is 16.7 Å². The highest BCUT2D eigenvalue weighted by Crippen LogP contribution is 2.24. The first kappa shape index (κ1) is 18.2. The second kappa shape index (κ2) is 7.61. The van der Waals surface area contributed by atoms with Crippen LogP contribution in [0.1, 0.15) is 29.4 Å². The number of allylic oxidation sites excluding steroid dienone is 2. The normalized spacial score (nSPS) is 11.8. The standard InChI is InChI=1S/C19H19NO5/c1-12(11-15-6-8-16(9-7-15)20(22)23)5-10-17-13(2)18(24-4)14(3)19(21)25-17/h5-11H,1-4H3/b10-5+,12-11+. The molecule has 6 heteroatoms. The molecule has 0 aliphatic rings. The van der Waals surface area contributed by atoms with Crippen LogP contribution in [0.25, 0.3) is 12.2 Å². The molecular formula is C19H19NO5. The molecule has 0 amide bonds. The third-order valence-corrected chi connectivity index (χ3v) is 3.76. The summed E-state index contributed by atoms with van der Waals surface area (Å²) < 4.78 is 10.6. The second-order valence-corrected chi connectivity index (χ2v) is 5.61. The van der Waals surface area contributed by atoms with Crippen molar-refractivity contribution in [2.24, 2.45) is 0 Å². The lowest BCUT2D eigenvalue weighted by Gasteiger charge is -2.08. The molecule has 0 N–H and O–H groups in total. The van der Waals surface area contributed by atoms with Gasteiger partial charge in [-0.3, -0.25) is 10.1 Å². The van der Waals surface area contributed by atoms with Crippen LogP contribution in [0, 0.1) is 24.0 Å². The summed E-state index contributed by atoms with van der Waals surface area (Å²) in [6.07, 6.45) is 5.39. The molecule has 6 nitrogen and oxygen atoms in total. The van der Waals surface area contributed by atoms with Crippen LogP contribution in [-0.4, -0.2) is 12.0 Å². The first-order valence-electron chi connectivity index (χ1n) is 7.62. The first-order valence-corrected chi connectivity index (χ1v) is 7.62. The van der Waals surface area contributed by atoms with Crippen LogP contribution in [0.3, 0.4) is 0 Å². The average Bonchev–Trinajstić information content (AvgIpc) is 2.58. The highest BCUT2D eigenvalue weighted by Gasteiger charge is 2.12. The number of nitrogens with zero attached hydrogens (tertiary/aromatic N) is 1. The van der Waals surface area contributed by atoms with Crippen molar-refractivity contribution in [2.75, 3.05) is 7.11 Å². The molecule has 0 fully saturated rings. The molecule has 130 valence electrons. The number of ether oxygens (including phenoxy) is 1. The lowest BCUT2D eigenvalue weighted by molar-refractivity contribution is -0.384. The number of non-ortho nitro benzene ring substituents is 1. The van der Waals surface area contributed by atoms with Crippen LogP contribution in [0.15, 0.2) is 45.1 Å². The van der Waals surface area contributed by atoms with Crippen LogP contribution < -0.4 is 10.4 Å². The third-order valence-electron chi connectivity index (χ3n) is 3.76. The largest absolute Gasteiger partial charge is 0.496 e. The van der Waals surface area contributed by atoms with E-state index in [4.69, 9.17) is 9.15 Å². The van der Waals surface area contributed by atoms with Crippen molar-refractivity contribution in [3.63, 3.8) is 0 Å². The summed E-state index contributed by atoms with van der Waals surface area (Å²) in [5.41, 5.74) is 2.55. The van der Waals surface area contributed by atoms with Gasteiger partial charge in [-0.2, -0.15) is 0 Å². The van der Waals surface area contributed by atoms with Crippen molar-refractivity contribution in [2.45, 2.75) is 20.8 Å². The van der Waals surface area contributed by atoms with E-state index in [0.29, 0.717) is 17.1 Å². The summed E-state index contributed by atoms with van der Waals surface area (Å²) in [7, 11) is 1.52. The van der Waals surface area contributed by atoms with E-state index in [2.05, 4.69) is 0 Å². The molecule has 0 atom stereocenters. The Morgan fingerprint density at radius 1 is 1.20 bits per heavy atom. The number of rotatable bonds is 5. The highest BCUT2D eigenvalue weighted by molar-refractivity contribution is 5.62. The maximum atomic E-state index is 11.8. The molecule has 2 rings (SSSR count). The van der Waals surface area contributed by atoms with E-state index in [-0.39, 0.29) is 5.69 Å². The van der Waals surface area contributed by atoms with Gasteiger partial charge in [0.15, 0.2) is 0 Å². The predicted octanol–water partition coefficient (Wildman–Crippen LogP) is 4.29. The quantitative estimate of drug-likeness (QED) is 0.460. The summed E-state index contributed by atoms with van der Waals surface area (Å²) in [6, 6.07) is 6.26. The lowest BCUT2D eigenvalue weighted by atomic mass is 10.1. The minimum Gasteiger partial charge on any atom is -0.496 e. The molecule has 0 spiro atoms. The second-order valence-electron chi connectivity index (χ2n) is 5.61. The number of methoxy groups -OCH3 is 1. The van der Waals surface area contributed by atoms with Crippen molar-refractivity contribution in [3.05, 3.63) is 78.9 Å². The van der Waals surface area contributed by atoms with Crippen LogP contribution in [-0.2, 0) is 0 Å². The molecular weight excluding hydrogens is 322 g/mol. The molecule has 0 saturated carbocycles. The number of nitro groups is 1. The van der Waals surface area contributed by atoms with Gasteiger partial charge in [-0.15, -0.1) is 0 Å². The van der Waals surface area contributed by atoms with Crippen LogP contribution in [0.2, 0.25) is 0 Å². The zero-order valence-electron chi connectivity index (χ0n) is 14.5. The average molecular weight is 341 g/mol. The van der Waals surface area contributed by atoms with Gasteiger partial charge >= 0.3 is 5.63 Å². The molecule has 0 bridgehead atoms. The lowest BCUT2D eigenvalue weighted by Crippen LogP contribution is -2.08. The van der Waals surface area contributed by atoms with Gasteiger partial charge in [0.1, 0.15) is 11.5 Å². The Hall–Kier alpha value is -3.15. The van der Waals surface area contributed by atoms with Gasteiger partial charge in [0.05, 0.1) is 17.6 Å². The van der Waals surface area contributed by atoms with Gasteiger partial charge in [-0.1, -0.05) is 17.7 Å². The summed E-state index contributed by atoms with van der Waals surface area (Å²) >= 11 is 0. The Morgan fingerprint density at radius 2 is 1.84 bits per heavy atom. The monoisotopic (exact) mass is 341 g/mol. The number of hydrogen-bond acceptors (Lipinski definition) is 5. The summed E-state index contributed by atoms with van der Waals surface area (Å²) in [5.74, 6) is 0.955. The number of benzene rings is 1. The molecule has 25 heavy (non-hydrogen) atoms. The van der Waals surface area contributed by atoms with Crippen molar-refractivity contribution in [1.29, 1.82) is 0 Å². The summed E-state index contributed by atoms with van der Waals surface area (Å²) in [5, 5.41) is 10.7. The fourth-order valence-electron chi connectivity index (χ4n) is 2.41. The minimum atomic E-state index is -0.435. The smallest absolute Gasteiger partial charge is 0.342 e. The first-order chi connectivity index (χ1) is 11.8. The fourth-order valence-corrected chi connectivity index (χ4v) is 2.41. The zero-order chi connectivity index (χ0) is 18.6. The van der Waals surface area contributed by atoms with Gasteiger partial charge < -0.3 is 9.15 Å². The topological polar surface area (TPSA) is 82.6 Å². The van der Waals surface area contributed by atoms with Gasteiger partial charge in [-0.05, 0) is 44.5 Å².